The van der Waals surface area contributed by atoms with Crippen molar-refractivity contribution in [3.63, 3.8) is 0 Å². The number of nitrogens with zero attached hydrogens (tertiary/aromatic N) is 7. The van der Waals surface area contributed by atoms with Crippen LogP contribution in [0, 0.1) is 17.5 Å². The lowest BCUT2D eigenvalue weighted by Crippen LogP contribution is -2.49. The van der Waals surface area contributed by atoms with Gasteiger partial charge in [0, 0.05) is 57.4 Å². The van der Waals surface area contributed by atoms with Gasteiger partial charge in [0.1, 0.15) is 24.1 Å². The van der Waals surface area contributed by atoms with Crippen LogP contribution >= 0.6 is 0 Å². The number of nitrogens with two attached hydrogens (primary N) is 1. The van der Waals surface area contributed by atoms with Gasteiger partial charge in [0.25, 0.3) is 5.91 Å². The first-order chi connectivity index (χ1) is 28.4. The quantitative estimate of drug-likeness (QED) is 0.0369. The molecule has 1 aromatic carbocycles. The van der Waals surface area contributed by atoms with Gasteiger partial charge in [-0.25, -0.2) is 22.8 Å². The van der Waals surface area contributed by atoms with Gasteiger partial charge in [0.2, 0.25) is 11.7 Å². The summed E-state index contributed by atoms with van der Waals surface area (Å²) < 4.78 is 90.7. The van der Waals surface area contributed by atoms with E-state index in [0.717, 1.165) is 30.3 Å². The number of alkyl halides is 3. The normalized spacial score (nSPS) is 15.8. The third-order valence-corrected chi connectivity index (χ3v) is 9.90. The average Bonchev–Trinajstić information content (AvgIpc) is 3.83. The molecule has 3 aromatic rings. The fourth-order valence-corrected chi connectivity index (χ4v) is 6.67. The fourth-order valence-electron chi connectivity index (χ4n) is 6.67. The number of rotatable bonds is 24. The van der Waals surface area contributed by atoms with Gasteiger partial charge in [-0.05, 0) is 31.0 Å². The van der Waals surface area contributed by atoms with Crippen molar-refractivity contribution in [2.24, 2.45) is 5.73 Å². The van der Waals surface area contributed by atoms with E-state index in [0.29, 0.717) is 24.4 Å². The molecule has 5 atom stereocenters. The number of nitrogens with one attached hydrogen (secondary N) is 1. The first-order valence-corrected chi connectivity index (χ1v) is 19.6. The molecular weight excluding hydrogens is 812 g/mol. The standard InChI is InChI=1S/C37H53F6N9O8/c1-2-3-4-5-7-49(20-29(54)33(57)34(58)30(55)21-53)17-24-18-51(48-47-24)10-12-60-11-6-45-35(59)32-28-19-50(8-9-52(28)36(46-32)37(41,42)43)31(56)15-23(44)13-22-14-26(39)27(40)16-25(22)38/h14,16,18,23,29-30,33-34,53-55,57-58H,2-13,15,17,19-21,44H2,1H3,(H,45,59)/t23-,29?,30?,33?,34?/m1/s1. The van der Waals surface area contributed by atoms with E-state index in [1.54, 1.807) is 6.20 Å². The van der Waals surface area contributed by atoms with Crippen LogP contribution in [0.15, 0.2) is 18.3 Å². The molecule has 2 aromatic heterocycles. The number of imidazole rings is 1. The lowest BCUT2D eigenvalue weighted by molar-refractivity contribution is -0.148. The summed E-state index contributed by atoms with van der Waals surface area (Å²) in [5, 5.41) is 60.3. The zero-order valence-electron chi connectivity index (χ0n) is 33.1. The lowest BCUT2D eigenvalue weighted by Gasteiger charge is -2.30. The number of benzene rings is 1. The molecule has 1 aliphatic heterocycles. The van der Waals surface area contributed by atoms with Crippen LogP contribution in [0.3, 0.4) is 0 Å². The van der Waals surface area contributed by atoms with Crippen molar-refractivity contribution in [3.05, 3.63) is 64.3 Å². The van der Waals surface area contributed by atoms with Gasteiger partial charge >= 0.3 is 6.18 Å². The maximum atomic E-state index is 14.1. The zero-order valence-corrected chi connectivity index (χ0v) is 33.1. The second-order valence-electron chi connectivity index (χ2n) is 14.7. The first-order valence-electron chi connectivity index (χ1n) is 19.6. The Hall–Kier alpha value is -4.23. The van der Waals surface area contributed by atoms with Gasteiger partial charge in [-0.2, -0.15) is 13.2 Å². The number of aliphatic hydroxyl groups excluding tert-OH is 5. The molecule has 2 amide bonds. The number of hydrogen-bond donors (Lipinski definition) is 7. The van der Waals surface area contributed by atoms with Crippen LogP contribution in [-0.4, -0.2) is 148 Å². The van der Waals surface area contributed by atoms with E-state index in [1.807, 2.05) is 4.90 Å². The van der Waals surface area contributed by atoms with Crippen molar-refractivity contribution in [1.29, 1.82) is 0 Å². The van der Waals surface area contributed by atoms with E-state index in [2.05, 4.69) is 27.5 Å². The molecule has 4 rings (SSSR count). The van der Waals surface area contributed by atoms with Crippen molar-refractivity contribution in [1.82, 2.24) is 39.7 Å². The number of unbranched alkanes of at least 4 members (excludes halogenated alkanes) is 3. The summed E-state index contributed by atoms with van der Waals surface area (Å²) >= 11 is 0. The summed E-state index contributed by atoms with van der Waals surface area (Å²) in [5.74, 6) is -6.59. The lowest BCUT2D eigenvalue weighted by atomic mass is 10.0. The SMILES string of the molecule is CCCCCCN(Cc1cn(CCOCCNC(=O)c2nc(C(F)(F)F)n3c2CN(C(=O)C[C@H](N)Cc2cc(F)c(F)cc2F)CC3)nn1)CC(O)C(O)C(O)C(O)CO. The molecule has 3 heterocycles. The minimum absolute atomic E-state index is 0.0426. The number of aliphatic hydroxyl groups is 5. The Morgan fingerprint density at radius 1 is 1.00 bits per heavy atom. The highest BCUT2D eigenvalue weighted by molar-refractivity contribution is 5.93. The number of carbonyl (C=O) groups excluding carboxylic acids is 2. The van der Waals surface area contributed by atoms with E-state index in [9.17, 15) is 56.4 Å². The second kappa shape index (κ2) is 22.6. The predicted molar refractivity (Wildman–Crippen MR) is 199 cm³/mol. The number of aromatic nitrogens is 5. The minimum atomic E-state index is -4.91. The van der Waals surface area contributed by atoms with E-state index < -0.39 is 97.0 Å². The van der Waals surface area contributed by atoms with Crippen molar-refractivity contribution in [2.75, 3.05) is 46.0 Å². The topological polar surface area (TPSA) is 238 Å². The summed E-state index contributed by atoms with van der Waals surface area (Å²) in [6.07, 6.45) is -6.81. The first kappa shape index (κ1) is 48.4. The van der Waals surface area contributed by atoms with Crippen LogP contribution < -0.4 is 11.1 Å². The number of amides is 2. The average molecular weight is 866 g/mol. The van der Waals surface area contributed by atoms with Crippen LogP contribution in [0.1, 0.15) is 72.3 Å². The van der Waals surface area contributed by atoms with Gasteiger partial charge in [-0.3, -0.25) is 14.5 Å². The maximum Gasteiger partial charge on any atom is 0.449 e. The Morgan fingerprint density at radius 2 is 1.72 bits per heavy atom. The van der Waals surface area contributed by atoms with Crippen molar-refractivity contribution in [2.45, 2.75) is 108 Å². The zero-order chi connectivity index (χ0) is 44.1. The molecule has 17 nitrogen and oxygen atoms in total. The van der Waals surface area contributed by atoms with Crippen molar-refractivity contribution < 1.29 is 66.2 Å². The summed E-state index contributed by atoms with van der Waals surface area (Å²) in [4.78, 5) is 32.8. The minimum Gasteiger partial charge on any atom is -0.394 e. The van der Waals surface area contributed by atoms with E-state index in [4.69, 9.17) is 15.6 Å². The van der Waals surface area contributed by atoms with Gasteiger partial charge in [0.15, 0.2) is 17.3 Å². The van der Waals surface area contributed by atoms with Crippen LogP contribution in [0.5, 0.6) is 0 Å². The number of halogens is 6. The monoisotopic (exact) mass is 865 g/mol. The van der Waals surface area contributed by atoms with Gasteiger partial charge in [-0.15, -0.1) is 5.10 Å². The predicted octanol–water partition coefficient (Wildman–Crippen LogP) is 0.478. The molecule has 0 aliphatic carbocycles. The second-order valence-corrected chi connectivity index (χ2v) is 14.7. The van der Waals surface area contributed by atoms with Crippen LogP contribution in [0.25, 0.3) is 0 Å². The molecule has 0 fully saturated rings. The molecule has 0 saturated heterocycles. The highest BCUT2D eigenvalue weighted by atomic mass is 19.4. The number of ether oxygens (including phenoxy) is 1. The molecular formula is C37H53F6N9O8. The number of carbonyl (C=O) groups is 2. The molecule has 1 aliphatic rings. The Morgan fingerprint density at radius 3 is 2.42 bits per heavy atom. The highest BCUT2D eigenvalue weighted by Crippen LogP contribution is 2.32. The van der Waals surface area contributed by atoms with E-state index >= 15 is 0 Å². The Balaban J connectivity index is 1.27. The number of hydrogen-bond acceptors (Lipinski definition) is 13. The van der Waals surface area contributed by atoms with Crippen LogP contribution in [-0.2, 0) is 48.3 Å². The smallest absolute Gasteiger partial charge is 0.394 e. The maximum absolute atomic E-state index is 14.1. The Bertz CT molecular complexity index is 1850. The van der Waals surface area contributed by atoms with E-state index in [1.165, 1.54) is 9.58 Å². The van der Waals surface area contributed by atoms with Crippen molar-refractivity contribution in [3.8, 4) is 0 Å². The molecule has 0 bridgehead atoms. The van der Waals surface area contributed by atoms with Gasteiger partial charge < -0.3 is 50.8 Å². The number of fused-ring (bicyclic) bond motifs is 1. The summed E-state index contributed by atoms with van der Waals surface area (Å²) in [7, 11) is 0. The summed E-state index contributed by atoms with van der Waals surface area (Å²) in [5.41, 5.74) is 5.57. The Kier molecular flexibility index (Phi) is 18.2. The largest absolute Gasteiger partial charge is 0.449 e. The van der Waals surface area contributed by atoms with Crippen LogP contribution in [0.2, 0.25) is 0 Å². The molecule has 336 valence electrons. The summed E-state index contributed by atoms with van der Waals surface area (Å²) in [6, 6.07) is -0.0415. The molecule has 8 N–H and O–H groups in total. The summed E-state index contributed by atoms with van der Waals surface area (Å²) in [6.45, 7) is 1.22. The molecule has 60 heavy (non-hydrogen) atoms. The van der Waals surface area contributed by atoms with Crippen LogP contribution in [0.4, 0.5) is 26.3 Å². The molecule has 23 heteroatoms. The van der Waals surface area contributed by atoms with Gasteiger partial charge in [-0.1, -0.05) is 31.4 Å². The molecule has 0 saturated carbocycles. The van der Waals surface area contributed by atoms with Gasteiger partial charge in [0.05, 0.1) is 50.4 Å². The molecule has 0 radical (unpaired) electrons. The Labute approximate surface area is 341 Å². The highest BCUT2D eigenvalue weighted by Gasteiger charge is 2.42. The molecule has 4 unspecified atom stereocenters. The molecule has 0 spiro atoms. The third-order valence-electron chi connectivity index (χ3n) is 9.90. The van der Waals surface area contributed by atoms with Crippen molar-refractivity contribution >= 4 is 11.8 Å². The third kappa shape index (κ3) is 13.6. The fraction of sp³-hybridized carbons (Fsp3) is 0.649. The van der Waals surface area contributed by atoms with E-state index in [-0.39, 0.29) is 70.2 Å².